The summed E-state index contributed by atoms with van der Waals surface area (Å²) < 4.78 is 18.8. The number of hydrogen-bond donors (Lipinski definition) is 2. The minimum atomic E-state index is -1.13. The molecule has 0 saturated heterocycles. The van der Waals surface area contributed by atoms with Gasteiger partial charge in [0.15, 0.2) is 0 Å². The summed E-state index contributed by atoms with van der Waals surface area (Å²) in [6, 6.07) is 20.0. The van der Waals surface area contributed by atoms with Crippen molar-refractivity contribution in [1.82, 2.24) is 5.32 Å². The maximum atomic E-state index is 13.2. The van der Waals surface area contributed by atoms with Gasteiger partial charge >= 0.3 is 12.1 Å². The molecule has 1 aliphatic carbocycles. The van der Waals surface area contributed by atoms with Gasteiger partial charge in [0.05, 0.1) is 0 Å². The van der Waals surface area contributed by atoms with Gasteiger partial charge in [-0.1, -0.05) is 48.5 Å². The minimum absolute atomic E-state index is 0.0630. The molecule has 8 heteroatoms. The molecule has 0 bridgehead atoms. The number of rotatable bonds is 8. The average Bonchev–Trinajstić information content (AvgIpc) is 3.18. The number of carbonyl (C=O) groups is 3. The van der Waals surface area contributed by atoms with Crippen LogP contribution in [0.25, 0.3) is 11.1 Å². The molecule has 3 aromatic rings. The van der Waals surface area contributed by atoms with Gasteiger partial charge in [0, 0.05) is 25.1 Å². The number of aliphatic carboxylic acids is 1. The van der Waals surface area contributed by atoms with Crippen molar-refractivity contribution >= 4 is 23.7 Å². The third-order valence-corrected chi connectivity index (χ3v) is 6.13. The molecule has 180 valence electrons. The lowest BCUT2D eigenvalue weighted by Gasteiger charge is -2.24. The second-order valence-corrected chi connectivity index (χ2v) is 8.33. The van der Waals surface area contributed by atoms with Crippen molar-refractivity contribution in [2.75, 3.05) is 18.6 Å². The third-order valence-electron chi connectivity index (χ3n) is 6.13. The monoisotopic (exact) mass is 476 g/mol. The lowest BCUT2D eigenvalue weighted by molar-refractivity contribution is -0.137. The number of fused-ring (bicyclic) bond motifs is 3. The molecule has 4 rings (SSSR count). The first-order valence-corrected chi connectivity index (χ1v) is 11.2. The van der Waals surface area contributed by atoms with Gasteiger partial charge in [-0.3, -0.25) is 9.59 Å². The molecule has 2 N–H and O–H groups in total. The molecule has 1 atom stereocenters. The van der Waals surface area contributed by atoms with E-state index in [0.717, 1.165) is 22.3 Å². The van der Waals surface area contributed by atoms with Crippen molar-refractivity contribution in [3.8, 4) is 11.1 Å². The number of nitrogens with one attached hydrogen (secondary N) is 1. The Bertz CT molecular complexity index is 1200. The van der Waals surface area contributed by atoms with Crippen LogP contribution in [0.5, 0.6) is 0 Å². The van der Waals surface area contributed by atoms with Crippen molar-refractivity contribution in [2.45, 2.75) is 24.8 Å². The Morgan fingerprint density at radius 2 is 1.54 bits per heavy atom. The largest absolute Gasteiger partial charge is 0.481 e. The van der Waals surface area contributed by atoms with E-state index in [1.54, 1.807) is 0 Å². The number of likely N-dealkylation sites (N-methyl/N-ethyl adjacent to an activating group) is 1. The van der Waals surface area contributed by atoms with E-state index in [9.17, 15) is 18.8 Å². The summed E-state index contributed by atoms with van der Waals surface area (Å²) in [6.45, 7) is 0.0630. The van der Waals surface area contributed by atoms with Gasteiger partial charge in [-0.15, -0.1) is 0 Å². The molecule has 2 amide bonds. The number of ether oxygens (including phenoxy) is 1. The van der Waals surface area contributed by atoms with Crippen LogP contribution in [-0.4, -0.2) is 42.8 Å². The Labute approximate surface area is 202 Å². The Morgan fingerprint density at radius 3 is 2.11 bits per heavy atom. The maximum Gasteiger partial charge on any atom is 0.407 e. The minimum Gasteiger partial charge on any atom is -0.481 e. The van der Waals surface area contributed by atoms with Gasteiger partial charge in [-0.25, -0.2) is 9.18 Å². The van der Waals surface area contributed by atoms with Gasteiger partial charge in [0.2, 0.25) is 5.91 Å². The van der Waals surface area contributed by atoms with Crippen molar-refractivity contribution in [3.63, 3.8) is 0 Å². The SMILES string of the molecule is CN(C(=O)C(CCC(=O)O)NC(=O)OCC1c2ccccc2-c2ccccc21)c1ccc(F)cc1. The highest BCUT2D eigenvalue weighted by Gasteiger charge is 2.30. The van der Waals surface area contributed by atoms with Crippen molar-refractivity contribution in [1.29, 1.82) is 0 Å². The van der Waals surface area contributed by atoms with Crippen LogP contribution in [0.3, 0.4) is 0 Å². The maximum absolute atomic E-state index is 13.2. The van der Waals surface area contributed by atoms with E-state index >= 15 is 0 Å². The van der Waals surface area contributed by atoms with Crippen LogP contribution < -0.4 is 10.2 Å². The zero-order valence-corrected chi connectivity index (χ0v) is 19.1. The number of carboxylic acids is 1. The standard InChI is InChI=1S/C27H25FN2O5/c1-30(18-12-10-17(28)11-13-18)26(33)24(14-15-25(31)32)29-27(34)35-16-23-21-8-4-2-6-19(21)20-7-3-5-9-22(20)23/h2-13,23-24H,14-16H2,1H3,(H,29,34)(H,31,32). The third kappa shape index (κ3) is 5.32. The van der Waals surface area contributed by atoms with E-state index < -0.39 is 29.8 Å². The van der Waals surface area contributed by atoms with Gasteiger partial charge < -0.3 is 20.1 Å². The molecule has 0 saturated carbocycles. The molecule has 35 heavy (non-hydrogen) atoms. The number of hydrogen-bond acceptors (Lipinski definition) is 4. The molecule has 7 nitrogen and oxygen atoms in total. The zero-order chi connectivity index (χ0) is 24.9. The number of carbonyl (C=O) groups excluding carboxylic acids is 2. The molecule has 0 fully saturated rings. The van der Waals surface area contributed by atoms with Crippen LogP contribution in [0.1, 0.15) is 29.9 Å². The number of nitrogens with zero attached hydrogens (tertiary/aromatic N) is 1. The normalized spacial score (nSPS) is 12.9. The Hall–Kier alpha value is -4.20. The number of benzene rings is 3. The summed E-state index contributed by atoms with van der Waals surface area (Å²) in [5, 5.41) is 11.6. The number of halogens is 1. The second-order valence-electron chi connectivity index (χ2n) is 8.33. The first-order valence-electron chi connectivity index (χ1n) is 11.2. The fraction of sp³-hybridized carbons (Fsp3) is 0.222. The van der Waals surface area contributed by atoms with Crippen LogP contribution >= 0.6 is 0 Å². The van der Waals surface area contributed by atoms with E-state index in [0.29, 0.717) is 5.69 Å². The van der Waals surface area contributed by atoms with Crippen molar-refractivity contribution in [3.05, 3.63) is 89.7 Å². The fourth-order valence-electron chi connectivity index (χ4n) is 4.33. The molecular formula is C27H25FN2O5. The summed E-state index contributed by atoms with van der Waals surface area (Å²) >= 11 is 0. The molecule has 0 aromatic heterocycles. The molecule has 0 aliphatic heterocycles. The topological polar surface area (TPSA) is 95.9 Å². The van der Waals surface area contributed by atoms with Crippen LogP contribution in [0.4, 0.5) is 14.9 Å². The van der Waals surface area contributed by atoms with Crippen molar-refractivity contribution in [2.24, 2.45) is 0 Å². The van der Waals surface area contributed by atoms with E-state index in [4.69, 9.17) is 9.84 Å². The van der Waals surface area contributed by atoms with Crippen LogP contribution in [0.15, 0.2) is 72.8 Å². The smallest absolute Gasteiger partial charge is 0.407 e. The lowest BCUT2D eigenvalue weighted by Crippen LogP contribution is -2.48. The van der Waals surface area contributed by atoms with E-state index in [-0.39, 0.29) is 25.4 Å². The van der Waals surface area contributed by atoms with E-state index in [2.05, 4.69) is 5.32 Å². The van der Waals surface area contributed by atoms with Crippen LogP contribution in [0.2, 0.25) is 0 Å². The number of alkyl carbamates (subject to hydrolysis) is 1. The predicted molar refractivity (Wildman–Crippen MR) is 129 cm³/mol. The predicted octanol–water partition coefficient (Wildman–Crippen LogP) is 4.56. The van der Waals surface area contributed by atoms with Gasteiger partial charge in [-0.05, 0) is 52.9 Å². The Kier molecular flexibility index (Phi) is 7.10. The second kappa shape index (κ2) is 10.4. The van der Waals surface area contributed by atoms with Crippen molar-refractivity contribution < 1.29 is 28.6 Å². The Morgan fingerprint density at radius 1 is 0.971 bits per heavy atom. The highest BCUT2D eigenvalue weighted by Crippen LogP contribution is 2.44. The first-order chi connectivity index (χ1) is 16.8. The van der Waals surface area contributed by atoms with Crippen LogP contribution in [-0.2, 0) is 14.3 Å². The number of carboxylic acid groups (broad SMARTS) is 1. The summed E-state index contributed by atoms with van der Waals surface area (Å²) in [7, 11) is 1.47. The fourth-order valence-corrected chi connectivity index (χ4v) is 4.33. The molecule has 3 aromatic carbocycles. The molecule has 1 aliphatic rings. The highest BCUT2D eigenvalue weighted by atomic mass is 19.1. The molecular weight excluding hydrogens is 451 g/mol. The number of anilines is 1. The van der Waals surface area contributed by atoms with Gasteiger partial charge in [0.1, 0.15) is 18.5 Å². The van der Waals surface area contributed by atoms with Gasteiger partial charge in [0.25, 0.3) is 0 Å². The molecule has 0 radical (unpaired) electrons. The summed E-state index contributed by atoms with van der Waals surface area (Å²) in [4.78, 5) is 38.1. The Balaban J connectivity index is 1.45. The zero-order valence-electron chi connectivity index (χ0n) is 19.1. The molecule has 0 spiro atoms. The first kappa shape index (κ1) is 23.9. The summed E-state index contributed by atoms with van der Waals surface area (Å²) in [6.07, 6.45) is -1.26. The summed E-state index contributed by atoms with van der Waals surface area (Å²) in [5.74, 6) is -2.23. The van der Waals surface area contributed by atoms with Gasteiger partial charge in [-0.2, -0.15) is 0 Å². The highest BCUT2D eigenvalue weighted by molar-refractivity contribution is 5.98. The quantitative estimate of drug-likeness (QED) is 0.497. The average molecular weight is 477 g/mol. The molecule has 1 unspecified atom stereocenters. The summed E-state index contributed by atoms with van der Waals surface area (Å²) in [5.41, 5.74) is 4.69. The van der Waals surface area contributed by atoms with E-state index in [1.165, 1.54) is 36.2 Å². The van der Waals surface area contributed by atoms with E-state index in [1.807, 2.05) is 48.5 Å². The number of amides is 2. The lowest BCUT2D eigenvalue weighted by atomic mass is 9.98. The van der Waals surface area contributed by atoms with Crippen LogP contribution in [0, 0.1) is 5.82 Å². The molecule has 0 heterocycles.